The van der Waals surface area contributed by atoms with Crippen molar-refractivity contribution in [1.82, 2.24) is 0 Å². The fourth-order valence-electron chi connectivity index (χ4n) is 1.58. The summed E-state index contributed by atoms with van der Waals surface area (Å²) in [6.07, 6.45) is 0. The number of hydrogen-bond donors (Lipinski definition) is 2. The molecule has 22 heavy (non-hydrogen) atoms. The standard InChI is InChI=1S/C12H11I3N2O4.Na/c1-4(18)16-10-7(13)6(12(20)21)8(14)11(9(10)15)17(3)5(2)19;/h1-3H3,(H,16,18)(H,20,21);/q;+1. The number of benzene rings is 1. The fraction of sp³-hybridized carbons (Fsp3) is 0.250. The first-order chi connectivity index (χ1) is 9.59. The molecule has 0 unspecified atom stereocenters. The van der Waals surface area contributed by atoms with Crippen LogP contribution in [-0.4, -0.2) is 29.9 Å². The summed E-state index contributed by atoms with van der Waals surface area (Å²) in [6.45, 7) is 2.74. The number of hydrogen-bond acceptors (Lipinski definition) is 3. The smallest absolute Gasteiger partial charge is 0.478 e. The van der Waals surface area contributed by atoms with Crippen LogP contribution < -0.4 is 39.8 Å². The zero-order valence-electron chi connectivity index (χ0n) is 12.3. The Kier molecular flexibility index (Phi) is 9.69. The average Bonchev–Trinajstić information content (AvgIpc) is 2.33. The Morgan fingerprint density at radius 2 is 1.55 bits per heavy atom. The van der Waals surface area contributed by atoms with E-state index < -0.39 is 5.97 Å². The van der Waals surface area contributed by atoms with Gasteiger partial charge in [-0.15, -0.1) is 0 Å². The summed E-state index contributed by atoms with van der Waals surface area (Å²) in [5.41, 5.74) is 0.957. The van der Waals surface area contributed by atoms with Crippen LogP contribution in [0.1, 0.15) is 24.2 Å². The van der Waals surface area contributed by atoms with Crippen molar-refractivity contribution in [2.75, 3.05) is 17.3 Å². The van der Waals surface area contributed by atoms with Gasteiger partial charge in [-0.05, 0) is 67.8 Å². The first kappa shape index (κ1) is 22.8. The van der Waals surface area contributed by atoms with Gasteiger partial charge in [-0.1, -0.05) is 0 Å². The third-order valence-corrected chi connectivity index (χ3v) is 5.80. The molecule has 6 nitrogen and oxygen atoms in total. The van der Waals surface area contributed by atoms with Crippen LogP contribution in [0.3, 0.4) is 0 Å². The second-order valence-corrected chi connectivity index (χ2v) is 7.34. The second kappa shape index (κ2) is 9.34. The molecule has 114 valence electrons. The third kappa shape index (κ3) is 4.91. The molecule has 0 aliphatic heterocycles. The zero-order chi connectivity index (χ0) is 16.5. The van der Waals surface area contributed by atoms with Crippen LogP contribution >= 0.6 is 67.8 Å². The van der Waals surface area contributed by atoms with E-state index in [-0.39, 0.29) is 46.9 Å². The van der Waals surface area contributed by atoms with E-state index in [1.807, 2.05) is 67.8 Å². The monoisotopic (exact) mass is 651 g/mol. The Morgan fingerprint density at radius 3 is 1.91 bits per heavy atom. The van der Waals surface area contributed by atoms with Crippen molar-refractivity contribution in [3.8, 4) is 0 Å². The van der Waals surface area contributed by atoms with Gasteiger partial charge in [-0.25, -0.2) is 4.79 Å². The van der Waals surface area contributed by atoms with Crippen molar-refractivity contribution in [2.45, 2.75) is 13.8 Å². The number of anilines is 2. The zero-order valence-corrected chi connectivity index (χ0v) is 20.7. The summed E-state index contributed by atoms with van der Waals surface area (Å²) < 4.78 is 1.52. The number of nitrogens with zero attached hydrogens (tertiary/aromatic N) is 1. The summed E-state index contributed by atoms with van der Waals surface area (Å²) >= 11 is 5.80. The average molecular weight is 651 g/mol. The van der Waals surface area contributed by atoms with Crippen molar-refractivity contribution >= 4 is 96.9 Å². The van der Waals surface area contributed by atoms with Crippen LogP contribution in [0, 0.1) is 10.7 Å². The van der Waals surface area contributed by atoms with Gasteiger partial charge in [0, 0.05) is 20.9 Å². The first-order valence-corrected chi connectivity index (χ1v) is 8.78. The Bertz CT molecular complexity index is 652. The van der Waals surface area contributed by atoms with E-state index in [4.69, 9.17) is 0 Å². The van der Waals surface area contributed by atoms with E-state index in [1.54, 1.807) is 7.05 Å². The Balaban J connectivity index is 0.00000441. The summed E-state index contributed by atoms with van der Waals surface area (Å²) in [5.74, 6) is -1.64. The number of carbonyl (C=O) groups excluding carboxylic acids is 2. The molecule has 0 aromatic heterocycles. The van der Waals surface area contributed by atoms with Crippen molar-refractivity contribution in [3.63, 3.8) is 0 Å². The number of carboxylic acid groups (broad SMARTS) is 1. The molecule has 1 rings (SSSR count). The molecule has 2 amide bonds. The molecule has 0 radical (unpaired) electrons. The number of carboxylic acids is 1. The van der Waals surface area contributed by atoms with Crippen LogP contribution in [0.2, 0.25) is 0 Å². The Hall–Kier alpha value is 0.820. The Labute approximate surface area is 190 Å². The van der Waals surface area contributed by atoms with E-state index in [2.05, 4.69) is 5.32 Å². The molecule has 0 saturated carbocycles. The molecular weight excluding hydrogens is 640 g/mol. The van der Waals surface area contributed by atoms with Gasteiger partial charge in [0.05, 0.1) is 27.6 Å². The van der Waals surface area contributed by atoms with Gasteiger partial charge in [0.25, 0.3) is 0 Å². The van der Waals surface area contributed by atoms with Crippen LogP contribution in [0.15, 0.2) is 0 Å². The second-order valence-electron chi connectivity index (χ2n) is 4.10. The molecule has 2 N–H and O–H groups in total. The van der Waals surface area contributed by atoms with Crippen molar-refractivity contribution in [1.29, 1.82) is 0 Å². The normalized spacial score (nSPS) is 9.73. The van der Waals surface area contributed by atoms with Crippen molar-refractivity contribution in [3.05, 3.63) is 16.3 Å². The van der Waals surface area contributed by atoms with E-state index in [0.29, 0.717) is 22.1 Å². The number of rotatable bonds is 3. The first-order valence-electron chi connectivity index (χ1n) is 5.55. The van der Waals surface area contributed by atoms with Gasteiger partial charge in [0.15, 0.2) is 0 Å². The summed E-state index contributed by atoms with van der Waals surface area (Å²) in [6, 6.07) is 0. The third-order valence-electron chi connectivity index (χ3n) is 2.62. The molecule has 0 aliphatic carbocycles. The van der Waals surface area contributed by atoms with Gasteiger partial charge in [-0.2, -0.15) is 0 Å². The molecule has 0 heterocycles. The minimum atomic E-state index is -1.11. The summed E-state index contributed by atoms with van der Waals surface area (Å²) in [7, 11) is 1.57. The van der Waals surface area contributed by atoms with Crippen molar-refractivity contribution < 1.29 is 49.0 Å². The summed E-state index contributed by atoms with van der Waals surface area (Å²) in [4.78, 5) is 35.9. The molecule has 0 atom stereocenters. The minimum absolute atomic E-state index is 0. The van der Waals surface area contributed by atoms with E-state index >= 15 is 0 Å². The van der Waals surface area contributed by atoms with Gasteiger partial charge in [0.2, 0.25) is 11.8 Å². The van der Waals surface area contributed by atoms with Crippen LogP contribution in [-0.2, 0) is 9.59 Å². The maximum atomic E-state index is 11.6. The SMILES string of the molecule is CC(=O)Nc1c(I)c(C(=O)O)c(I)c(N(C)C(C)=O)c1I.[Na+]. The molecule has 0 saturated heterocycles. The quantitative estimate of drug-likeness (QED) is 0.361. The predicted molar refractivity (Wildman–Crippen MR) is 105 cm³/mol. The molecule has 0 spiro atoms. The van der Waals surface area contributed by atoms with Gasteiger partial charge < -0.3 is 15.3 Å². The molecule has 10 heteroatoms. The van der Waals surface area contributed by atoms with Crippen molar-refractivity contribution in [2.24, 2.45) is 0 Å². The molecule has 0 fully saturated rings. The largest absolute Gasteiger partial charge is 1.00 e. The fourth-order valence-corrected chi connectivity index (χ4v) is 6.20. The summed E-state index contributed by atoms with van der Waals surface area (Å²) in [5, 5.41) is 12.1. The number of amides is 2. The molecular formula is C12H11I3N2NaO4+. The van der Waals surface area contributed by atoms with Crippen LogP contribution in [0.5, 0.6) is 0 Å². The number of aromatic carboxylic acids is 1. The predicted octanol–water partition coefficient (Wildman–Crippen LogP) is 0.144. The van der Waals surface area contributed by atoms with Gasteiger partial charge in [0.1, 0.15) is 0 Å². The number of carbonyl (C=O) groups is 3. The van der Waals surface area contributed by atoms with Crippen LogP contribution in [0.25, 0.3) is 0 Å². The molecule has 0 bridgehead atoms. The van der Waals surface area contributed by atoms with E-state index in [0.717, 1.165) is 0 Å². The van der Waals surface area contributed by atoms with E-state index in [9.17, 15) is 19.5 Å². The Morgan fingerprint density at radius 1 is 1.05 bits per heavy atom. The minimum Gasteiger partial charge on any atom is -0.478 e. The van der Waals surface area contributed by atoms with Crippen LogP contribution in [0.4, 0.5) is 11.4 Å². The number of nitrogens with one attached hydrogen (secondary N) is 1. The molecule has 1 aromatic rings. The maximum absolute atomic E-state index is 11.6. The van der Waals surface area contributed by atoms with Gasteiger partial charge in [-0.3, -0.25) is 9.59 Å². The maximum Gasteiger partial charge on any atom is 1.00 e. The number of halogens is 3. The topological polar surface area (TPSA) is 86.7 Å². The molecule has 1 aromatic carbocycles. The van der Waals surface area contributed by atoms with E-state index in [1.165, 1.54) is 18.7 Å². The van der Waals surface area contributed by atoms with Gasteiger partial charge >= 0.3 is 35.5 Å². The molecule has 0 aliphatic rings.